The van der Waals surface area contributed by atoms with Gasteiger partial charge in [-0.25, -0.2) is 17.9 Å². The highest BCUT2D eigenvalue weighted by Crippen LogP contribution is 2.18. The van der Waals surface area contributed by atoms with Crippen LogP contribution in [0.2, 0.25) is 0 Å². The smallest absolute Gasteiger partial charge is 0.335 e. The zero-order chi connectivity index (χ0) is 14.6. The second-order valence-corrected chi connectivity index (χ2v) is 5.51. The van der Waals surface area contributed by atoms with Crippen LogP contribution in [0.5, 0.6) is 0 Å². The van der Waals surface area contributed by atoms with E-state index in [2.05, 4.69) is 0 Å². The average molecular weight is 286 g/mol. The van der Waals surface area contributed by atoms with Crippen molar-refractivity contribution in [3.63, 3.8) is 0 Å². The number of hydrogen-bond acceptors (Lipinski definition) is 4. The SMILES string of the molecule is CCc1ccc(C(=O)O)cc1S(=O)(=O)NCC(N)=O. The normalized spacial score (nSPS) is 11.2. The standard InChI is InChI=1S/C11H14N2O5S/c1-2-7-3-4-8(11(15)16)5-9(7)19(17,18)13-6-10(12)14/h3-5,13H,2,6H2,1H3,(H2,12,14)(H,15,16). The molecule has 0 saturated carbocycles. The van der Waals surface area contributed by atoms with Gasteiger partial charge < -0.3 is 10.8 Å². The monoisotopic (exact) mass is 286 g/mol. The second-order valence-electron chi connectivity index (χ2n) is 3.77. The van der Waals surface area contributed by atoms with E-state index in [0.29, 0.717) is 12.0 Å². The van der Waals surface area contributed by atoms with Crippen molar-refractivity contribution < 1.29 is 23.1 Å². The second kappa shape index (κ2) is 5.81. The highest BCUT2D eigenvalue weighted by atomic mass is 32.2. The molecule has 0 heterocycles. The Morgan fingerprint density at radius 2 is 2.00 bits per heavy atom. The van der Waals surface area contributed by atoms with Crippen molar-refractivity contribution in [3.8, 4) is 0 Å². The first-order valence-corrected chi connectivity index (χ1v) is 6.90. The van der Waals surface area contributed by atoms with Gasteiger partial charge in [-0.15, -0.1) is 0 Å². The van der Waals surface area contributed by atoms with Gasteiger partial charge in [0.1, 0.15) is 0 Å². The lowest BCUT2D eigenvalue weighted by atomic mass is 10.1. The van der Waals surface area contributed by atoms with Gasteiger partial charge in [-0.3, -0.25) is 4.79 Å². The molecule has 0 aliphatic rings. The third-order valence-corrected chi connectivity index (χ3v) is 3.90. The maximum atomic E-state index is 12.0. The number of nitrogens with two attached hydrogens (primary N) is 1. The van der Waals surface area contributed by atoms with Crippen LogP contribution >= 0.6 is 0 Å². The molecule has 104 valence electrons. The molecule has 1 amide bonds. The summed E-state index contributed by atoms with van der Waals surface area (Å²) in [6.45, 7) is 1.20. The fourth-order valence-corrected chi connectivity index (χ4v) is 2.80. The predicted molar refractivity (Wildman–Crippen MR) is 67.2 cm³/mol. The van der Waals surface area contributed by atoms with E-state index in [0.717, 1.165) is 6.07 Å². The van der Waals surface area contributed by atoms with Gasteiger partial charge in [-0.05, 0) is 24.1 Å². The Balaban J connectivity index is 3.26. The van der Waals surface area contributed by atoms with E-state index in [9.17, 15) is 18.0 Å². The van der Waals surface area contributed by atoms with Crippen molar-refractivity contribution >= 4 is 21.9 Å². The summed E-state index contributed by atoms with van der Waals surface area (Å²) in [5, 5.41) is 8.87. The molecule has 4 N–H and O–H groups in total. The van der Waals surface area contributed by atoms with Crippen LogP contribution in [0.25, 0.3) is 0 Å². The minimum Gasteiger partial charge on any atom is -0.478 e. The predicted octanol–water partition coefficient (Wildman–Crippen LogP) is -0.289. The molecule has 19 heavy (non-hydrogen) atoms. The Kier molecular flexibility index (Phi) is 4.62. The number of carboxylic acid groups (broad SMARTS) is 1. The molecule has 7 nitrogen and oxygen atoms in total. The Morgan fingerprint density at radius 1 is 1.37 bits per heavy atom. The summed E-state index contributed by atoms with van der Waals surface area (Å²) in [6.07, 6.45) is 0.409. The number of carbonyl (C=O) groups is 2. The van der Waals surface area contributed by atoms with Crippen molar-refractivity contribution in [2.45, 2.75) is 18.2 Å². The van der Waals surface area contributed by atoms with Crippen LogP contribution in [0.3, 0.4) is 0 Å². The van der Waals surface area contributed by atoms with Gasteiger partial charge in [0.25, 0.3) is 0 Å². The van der Waals surface area contributed by atoms with Crippen LogP contribution in [0.15, 0.2) is 23.1 Å². The molecular formula is C11H14N2O5S. The fourth-order valence-electron chi connectivity index (χ4n) is 1.47. The number of sulfonamides is 1. The summed E-state index contributed by atoms with van der Waals surface area (Å²) >= 11 is 0. The number of amides is 1. The zero-order valence-electron chi connectivity index (χ0n) is 10.2. The van der Waals surface area contributed by atoms with Crippen molar-refractivity contribution in [3.05, 3.63) is 29.3 Å². The van der Waals surface area contributed by atoms with E-state index in [1.54, 1.807) is 6.92 Å². The van der Waals surface area contributed by atoms with Crippen LogP contribution in [-0.4, -0.2) is 31.9 Å². The third kappa shape index (κ3) is 3.76. The lowest BCUT2D eigenvalue weighted by Gasteiger charge is -2.10. The number of benzene rings is 1. The zero-order valence-corrected chi connectivity index (χ0v) is 11.0. The number of primary amides is 1. The summed E-state index contributed by atoms with van der Waals surface area (Å²) < 4.78 is 26.0. The lowest BCUT2D eigenvalue weighted by Crippen LogP contribution is -2.33. The minimum absolute atomic E-state index is 0.142. The molecule has 1 rings (SSSR count). The van der Waals surface area contributed by atoms with E-state index in [1.807, 2.05) is 4.72 Å². The first kappa shape index (κ1) is 15.1. The molecule has 0 unspecified atom stereocenters. The van der Waals surface area contributed by atoms with Crippen LogP contribution in [-0.2, 0) is 21.2 Å². The first-order chi connectivity index (χ1) is 8.77. The Labute approximate surface area is 110 Å². The largest absolute Gasteiger partial charge is 0.478 e. The Bertz CT molecular complexity index is 610. The molecule has 0 atom stereocenters. The quantitative estimate of drug-likeness (QED) is 0.662. The molecule has 0 aliphatic carbocycles. The number of rotatable bonds is 6. The Morgan fingerprint density at radius 3 is 2.47 bits per heavy atom. The molecule has 0 bridgehead atoms. The van der Waals surface area contributed by atoms with Gasteiger partial charge in [0.15, 0.2) is 0 Å². The summed E-state index contributed by atoms with van der Waals surface area (Å²) in [5.74, 6) is -2.05. The van der Waals surface area contributed by atoms with Gasteiger partial charge in [0.2, 0.25) is 15.9 Å². The topological polar surface area (TPSA) is 127 Å². The molecule has 0 saturated heterocycles. The maximum absolute atomic E-state index is 12.0. The number of hydrogen-bond donors (Lipinski definition) is 3. The molecule has 8 heteroatoms. The fraction of sp³-hybridized carbons (Fsp3) is 0.273. The van der Waals surface area contributed by atoms with E-state index in [-0.39, 0.29) is 10.5 Å². The van der Waals surface area contributed by atoms with Crippen molar-refractivity contribution in [1.29, 1.82) is 0 Å². The number of carbonyl (C=O) groups excluding carboxylic acids is 1. The molecule has 0 fully saturated rings. The first-order valence-electron chi connectivity index (χ1n) is 5.42. The molecule has 0 aliphatic heterocycles. The summed E-state index contributed by atoms with van der Waals surface area (Å²) in [6, 6.07) is 3.82. The third-order valence-electron chi connectivity index (χ3n) is 2.42. The van der Waals surface area contributed by atoms with Crippen LogP contribution < -0.4 is 10.5 Å². The van der Waals surface area contributed by atoms with Gasteiger partial charge in [-0.2, -0.15) is 0 Å². The van der Waals surface area contributed by atoms with E-state index < -0.39 is 28.4 Å². The van der Waals surface area contributed by atoms with Gasteiger partial charge in [0, 0.05) is 0 Å². The highest BCUT2D eigenvalue weighted by molar-refractivity contribution is 7.89. The number of aromatic carboxylic acids is 1. The maximum Gasteiger partial charge on any atom is 0.335 e. The molecular weight excluding hydrogens is 272 g/mol. The van der Waals surface area contributed by atoms with Gasteiger partial charge in [-0.1, -0.05) is 13.0 Å². The summed E-state index contributed by atoms with van der Waals surface area (Å²) in [4.78, 5) is 21.3. The molecule has 1 aromatic carbocycles. The highest BCUT2D eigenvalue weighted by Gasteiger charge is 2.20. The van der Waals surface area contributed by atoms with Crippen molar-refractivity contribution in [2.75, 3.05) is 6.54 Å². The van der Waals surface area contributed by atoms with Crippen LogP contribution in [0.1, 0.15) is 22.8 Å². The van der Waals surface area contributed by atoms with E-state index >= 15 is 0 Å². The molecule has 0 aromatic heterocycles. The summed E-state index contributed by atoms with van der Waals surface area (Å²) in [7, 11) is -3.97. The summed E-state index contributed by atoms with van der Waals surface area (Å²) in [5.41, 5.74) is 5.18. The van der Waals surface area contributed by atoms with E-state index in [4.69, 9.17) is 10.8 Å². The van der Waals surface area contributed by atoms with Crippen LogP contribution in [0, 0.1) is 0 Å². The van der Waals surface area contributed by atoms with Gasteiger partial charge >= 0.3 is 5.97 Å². The van der Waals surface area contributed by atoms with Crippen LogP contribution in [0.4, 0.5) is 0 Å². The number of nitrogens with one attached hydrogen (secondary N) is 1. The van der Waals surface area contributed by atoms with E-state index in [1.165, 1.54) is 12.1 Å². The lowest BCUT2D eigenvalue weighted by molar-refractivity contribution is -0.116. The minimum atomic E-state index is -3.97. The Hall–Kier alpha value is -1.93. The van der Waals surface area contributed by atoms with Gasteiger partial charge in [0.05, 0.1) is 17.0 Å². The van der Waals surface area contributed by atoms with Crippen molar-refractivity contribution in [2.24, 2.45) is 5.73 Å². The average Bonchev–Trinajstić information content (AvgIpc) is 2.35. The molecule has 1 aromatic rings. The molecule has 0 radical (unpaired) electrons. The molecule has 0 spiro atoms. The van der Waals surface area contributed by atoms with Crippen molar-refractivity contribution in [1.82, 2.24) is 4.72 Å². The number of aryl methyl sites for hydroxylation is 1. The number of carboxylic acids is 1.